The zero-order valence-electron chi connectivity index (χ0n) is 24.0. The van der Waals surface area contributed by atoms with Gasteiger partial charge in [0.15, 0.2) is 16.9 Å². The summed E-state index contributed by atoms with van der Waals surface area (Å²) in [5.74, 6) is 2.32. The molecular weight excluding hydrogens is 530 g/mol. The molecule has 0 aliphatic carbocycles. The number of aryl methyl sites for hydroxylation is 2. The number of para-hydroxylation sites is 1. The second kappa shape index (κ2) is 11.1. The van der Waals surface area contributed by atoms with Crippen LogP contribution >= 0.6 is 0 Å². The van der Waals surface area contributed by atoms with Gasteiger partial charge >= 0.3 is 0 Å². The van der Waals surface area contributed by atoms with E-state index in [0.29, 0.717) is 52.5 Å². The highest BCUT2D eigenvalue weighted by molar-refractivity contribution is 5.99. The van der Waals surface area contributed by atoms with Crippen molar-refractivity contribution in [2.45, 2.75) is 26.3 Å². The molecule has 0 N–H and O–H groups in total. The van der Waals surface area contributed by atoms with Crippen LogP contribution in [0.25, 0.3) is 11.0 Å². The van der Waals surface area contributed by atoms with Crippen molar-refractivity contribution >= 4 is 16.9 Å². The molecule has 42 heavy (non-hydrogen) atoms. The normalized spacial score (nSPS) is 14.2. The smallest absolute Gasteiger partial charge is 0.290 e. The molecule has 1 atom stereocenters. The summed E-state index contributed by atoms with van der Waals surface area (Å²) in [4.78, 5) is 29.8. The van der Waals surface area contributed by atoms with E-state index in [9.17, 15) is 9.59 Å². The minimum absolute atomic E-state index is 0.0890. The second-order valence-corrected chi connectivity index (χ2v) is 10.5. The summed E-state index contributed by atoms with van der Waals surface area (Å²) < 4.78 is 23.2. The third-order valence-electron chi connectivity index (χ3n) is 7.64. The van der Waals surface area contributed by atoms with Crippen LogP contribution in [0.1, 0.15) is 44.4 Å². The lowest BCUT2D eigenvalue weighted by atomic mass is 9.97. The Bertz CT molecular complexity index is 1860. The Balaban J connectivity index is 1.44. The maximum absolute atomic E-state index is 14.1. The molecule has 2 heterocycles. The van der Waals surface area contributed by atoms with Crippen LogP contribution in [0, 0.1) is 13.8 Å². The van der Waals surface area contributed by atoms with Gasteiger partial charge in [0.25, 0.3) is 5.91 Å². The molecule has 7 nitrogen and oxygen atoms in total. The predicted molar refractivity (Wildman–Crippen MR) is 161 cm³/mol. The van der Waals surface area contributed by atoms with E-state index < -0.39 is 6.04 Å². The zero-order valence-corrected chi connectivity index (χ0v) is 24.0. The van der Waals surface area contributed by atoms with Crippen LogP contribution in [0.4, 0.5) is 0 Å². The molecule has 6 rings (SSSR count). The molecule has 0 saturated carbocycles. The van der Waals surface area contributed by atoms with Gasteiger partial charge in [-0.1, -0.05) is 42.5 Å². The van der Waals surface area contributed by atoms with E-state index in [-0.39, 0.29) is 17.1 Å². The van der Waals surface area contributed by atoms with Crippen molar-refractivity contribution in [2.75, 3.05) is 20.8 Å². The number of benzene rings is 4. The number of methoxy groups -OCH3 is 2. The highest BCUT2D eigenvalue weighted by Gasteiger charge is 2.42. The topological polar surface area (TPSA) is 78.2 Å². The zero-order chi connectivity index (χ0) is 29.4. The van der Waals surface area contributed by atoms with Crippen LogP contribution in [0.3, 0.4) is 0 Å². The summed E-state index contributed by atoms with van der Waals surface area (Å²) in [6, 6.07) is 25.9. The summed E-state index contributed by atoms with van der Waals surface area (Å²) >= 11 is 0. The summed E-state index contributed by atoms with van der Waals surface area (Å²) in [6.07, 6.45) is 0.530. The average Bonchev–Trinajstić information content (AvgIpc) is 3.28. The maximum Gasteiger partial charge on any atom is 0.290 e. The van der Waals surface area contributed by atoms with Gasteiger partial charge in [0.1, 0.15) is 17.1 Å². The van der Waals surface area contributed by atoms with Crippen LogP contribution in [0.2, 0.25) is 0 Å². The van der Waals surface area contributed by atoms with Crippen molar-refractivity contribution in [3.8, 4) is 23.0 Å². The Morgan fingerprint density at radius 2 is 1.57 bits per heavy atom. The van der Waals surface area contributed by atoms with Gasteiger partial charge in [-0.15, -0.1) is 0 Å². The quantitative estimate of drug-likeness (QED) is 0.203. The van der Waals surface area contributed by atoms with Gasteiger partial charge in [0, 0.05) is 6.54 Å². The molecular formula is C35H31NO6. The summed E-state index contributed by atoms with van der Waals surface area (Å²) in [5.41, 5.74) is 4.10. The van der Waals surface area contributed by atoms with E-state index in [2.05, 4.69) is 0 Å². The molecule has 7 heteroatoms. The number of hydrogen-bond donors (Lipinski definition) is 0. The molecule has 0 bridgehead atoms. The highest BCUT2D eigenvalue weighted by Crippen LogP contribution is 2.40. The van der Waals surface area contributed by atoms with Crippen molar-refractivity contribution in [1.82, 2.24) is 4.90 Å². The van der Waals surface area contributed by atoms with E-state index in [1.807, 2.05) is 98.8 Å². The van der Waals surface area contributed by atoms with E-state index in [1.165, 1.54) is 0 Å². The molecule has 4 aromatic carbocycles. The number of nitrogens with zero attached hydrogens (tertiary/aromatic N) is 1. The van der Waals surface area contributed by atoms with Crippen LogP contribution in [-0.4, -0.2) is 31.6 Å². The highest BCUT2D eigenvalue weighted by atomic mass is 16.5. The third-order valence-corrected chi connectivity index (χ3v) is 7.64. The summed E-state index contributed by atoms with van der Waals surface area (Å²) in [7, 11) is 3.18. The SMILES string of the molecule is COc1ccc(CCN2C(=O)c3oc4c(C)cc(C)cc4c(=O)c3C2c2cccc(Oc3ccccc3)c2)cc1OC. The van der Waals surface area contributed by atoms with Crippen molar-refractivity contribution in [2.24, 2.45) is 0 Å². The lowest BCUT2D eigenvalue weighted by Gasteiger charge is -2.25. The number of amides is 1. The number of carbonyl (C=O) groups is 1. The lowest BCUT2D eigenvalue weighted by Crippen LogP contribution is -2.31. The number of carbonyl (C=O) groups excluding carboxylic acids is 1. The molecule has 0 radical (unpaired) electrons. The van der Waals surface area contributed by atoms with Gasteiger partial charge in [0.2, 0.25) is 5.76 Å². The minimum Gasteiger partial charge on any atom is -0.493 e. The molecule has 1 aliphatic rings. The first kappa shape index (κ1) is 27.1. The Hall–Kier alpha value is -5.04. The molecule has 0 saturated heterocycles. The predicted octanol–water partition coefficient (Wildman–Crippen LogP) is 7.01. The lowest BCUT2D eigenvalue weighted by molar-refractivity contribution is 0.0730. The van der Waals surface area contributed by atoms with E-state index in [1.54, 1.807) is 19.1 Å². The van der Waals surface area contributed by atoms with Crippen LogP contribution in [0.15, 0.2) is 94.1 Å². The molecule has 0 spiro atoms. The molecule has 1 amide bonds. The van der Waals surface area contributed by atoms with Crippen LogP contribution < -0.4 is 19.6 Å². The first-order valence-corrected chi connectivity index (χ1v) is 13.8. The largest absolute Gasteiger partial charge is 0.493 e. The van der Waals surface area contributed by atoms with Gasteiger partial charge in [-0.3, -0.25) is 9.59 Å². The minimum atomic E-state index is -0.645. The fourth-order valence-electron chi connectivity index (χ4n) is 5.71. The molecule has 1 aromatic heterocycles. The van der Waals surface area contributed by atoms with Gasteiger partial charge in [-0.05, 0) is 85.0 Å². The van der Waals surface area contributed by atoms with E-state index in [4.69, 9.17) is 18.6 Å². The monoisotopic (exact) mass is 561 g/mol. The molecule has 5 aromatic rings. The van der Waals surface area contributed by atoms with Gasteiger partial charge in [0.05, 0.1) is 31.2 Å². The maximum atomic E-state index is 14.1. The fraction of sp³-hybridized carbons (Fsp3) is 0.200. The Labute approximate surface area is 243 Å². The Morgan fingerprint density at radius 3 is 2.33 bits per heavy atom. The van der Waals surface area contributed by atoms with E-state index in [0.717, 1.165) is 22.3 Å². The van der Waals surface area contributed by atoms with Gasteiger partial charge in [-0.25, -0.2) is 0 Å². The van der Waals surface area contributed by atoms with Crippen molar-refractivity contribution in [3.05, 3.63) is 129 Å². The first-order valence-electron chi connectivity index (χ1n) is 13.8. The number of ether oxygens (including phenoxy) is 3. The third kappa shape index (κ3) is 4.87. The second-order valence-electron chi connectivity index (χ2n) is 10.5. The van der Waals surface area contributed by atoms with E-state index >= 15 is 0 Å². The van der Waals surface area contributed by atoms with Crippen molar-refractivity contribution in [1.29, 1.82) is 0 Å². The van der Waals surface area contributed by atoms with Crippen molar-refractivity contribution < 1.29 is 23.4 Å². The van der Waals surface area contributed by atoms with Gasteiger partial charge < -0.3 is 23.5 Å². The molecule has 0 fully saturated rings. The molecule has 212 valence electrons. The van der Waals surface area contributed by atoms with Gasteiger partial charge in [-0.2, -0.15) is 0 Å². The van der Waals surface area contributed by atoms with Crippen LogP contribution in [0.5, 0.6) is 23.0 Å². The standard InChI is InChI=1S/C35H31NO6/c1-21-17-22(2)33-27(18-21)32(37)30-31(24-9-8-12-26(20-24)41-25-10-6-5-7-11-25)36(35(38)34(30)42-33)16-15-23-13-14-28(39-3)29(19-23)40-4/h5-14,17-20,31H,15-16H2,1-4H3. The average molecular weight is 562 g/mol. The summed E-state index contributed by atoms with van der Waals surface area (Å²) in [5, 5.41) is 0.475. The molecule has 1 unspecified atom stereocenters. The Kier molecular flexibility index (Phi) is 7.17. The van der Waals surface area contributed by atoms with Crippen LogP contribution in [-0.2, 0) is 6.42 Å². The number of fused-ring (bicyclic) bond motifs is 2. The fourth-order valence-corrected chi connectivity index (χ4v) is 5.71. The Morgan fingerprint density at radius 1 is 0.810 bits per heavy atom. The number of rotatable bonds is 8. The summed E-state index contributed by atoms with van der Waals surface area (Å²) in [6.45, 7) is 4.18. The first-order chi connectivity index (χ1) is 20.4. The molecule has 1 aliphatic heterocycles. The number of hydrogen-bond acceptors (Lipinski definition) is 6. The van der Waals surface area contributed by atoms with Crippen molar-refractivity contribution in [3.63, 3.8) is 0 Å².